The van der Waals surface area contributed by atoms with E-state index in [1.165, 1.54) is 6.07 Å². The number of halogens is 3. The van der Waals surface area contributed by atoms with Gasteiger partial charge in [-0.1, -0.05) is 13.0 Å². The summed E-state index contributed by atoms with van der Waals surface area (Å²) in [7, 11) is 0. The molecule has 1 aromatic rings. The van der Waals surface area contributed by atoms with Crippen molar-refractivity contribution in [3.05, 3.63) is 42.2 Å². The van der Waals surface area contributed by atoms with Crippen LogP contribution in [0.3, 0.4) is 0 Å². The van der Waals surface area contributed by atoms with Crippen LogP contribution in [0, 0.1) is 0 Å². The third-order valence-corrected chi connectivity index (χ3v) is 1.88. The van der Waals surface area contributed by atoms with Crippen LogP contribution in [-0.2, 0) is 12.7 Å². The second kappa shape index (κ2) is 8.69. The number of alkyl halides is 3. The van der Waals surface area contributed by atoms with Gasteiger partial charge in [-0.3, -0.25) is 4.98 Å². The van der Waals surface area contributed by atoms with Gasteiger partial charge in [-0.15, -0.1) is 6.58 Å². The van der Waals surface area contributed by atoms with Gasteiger partial charge in [0.2, 0.25) is 0 Å². The normalized spacial score (nSPS) is 10.5. The molecular formula is C13H19F3N2. The number of hydrogen-bond donors (Lipinski definition) is 1. The highest BCUT2D eigenvalue weighted by Crippen LogP contribution is 2.28. The molecule has 1 rings (SSSR count). The Balaban J connectivity index is 0.000000873. The Morgan fingerprint density at radius 2 is 2.00 bits per heavy atom. The summed E-state index contributed by atoms with van der Waals surface area (Å²) in [5.41, 5.74) is -0.0850. The lowest BCUT2D eigenvalue weighted by Crippen LogP contribution is -2.15. The number of allylic oxidation sites excluding steroid dienone is 1. The van der Waals surface area contributed by atoms with E-state index in [9.17, 15) is 13.2 Å². The maximum Gasteiger partial charge on any atom is 0.417 e. The number of rotatable bonds is 4. The maximum absolute atomic E-state index is 12.2. The molecule has 0 saturated carbocycles. The van der Waals surface area contributed by atoms with Gasteiger partial charge >= 0.3 is 6.18 Å². The fourth-order valence-electron chi connectivity index (χ4n) is 1.09. The Morgan fingerprint density at radius 1 is 1.39 bits per heavy atom. The zero-order valence-corrected chi connectivity index (χ0v) is 10.7. The zero-order chi connectivity index (χ0) is 14.0. The van der Waals surface area contributed by atoms with Crippen LogP contribution >= 0.6 is 0 Å². The van der Waals surface area contributed by atoms with Crippen molar-refractivity contribution in [1.82, 2.24) is 10.3 Å². The molecule has 0 radical (unpaired) electrons. The summed E-state index contributed by atoms with van der Waals surface area (Å²) in [6.07, 6.45) is -0.702. The molecule has 0 amide bonds. The molecule has 1 heterocycles. The summed E-state index contributed by atoms with van der Waals surface area (Å²) in [6, 6.07) is 2.45. The largest absolute Gasteiger partial charge is 0.417 e. The van der Waals surface area contributed by atoms with Gasteiger partial charge < -0.3 is 5.32 Å². The lowest BCUT2D eigenvalue weighted by Gasteiger charge is -2.07. The van der Waals surface area contributed by atoms with Gasteiger partial charge in [0.15, 0.2) is 0 Å². The van der Waals surface area contributed by atoms with E-state index in [0.717, 1.165) is 25.2 Å². The molecule has 0 spiro atoms. The van der Waals surface area contributed by atoms with Crippen molar-refractivity contribution in [2.45, 2.75) is 33.0 Å². The average molecular weight is 260 g/mol. The molecule has 0 aliphatic heterocycles. The molecule has 0 aliphatic rings. The van der Waals surface area contributed by atoms with Crippen molar-refractivity contribution in [2.24, 2.45) is 0 Å². The fraction of sp³-hybridized carbons (Fsp3) is 0.462. The van der Waals surface area contributed by atoms with E-state index in [4.69, 9.17) is 0 Å². The summed E-state index contributed by atoms with van der Waals surface area (Å²) in [4.78, 5) is 3.73. The highest BCUT2D eigenvalue weighted by Gasteiger charge is 2.30. The van der Waals surface area contributed by atoms with E-state index in [1.54, 1.807) is 6.08 Å². The molecule has 0 bridgehead atoms. The standard InChI is InChI=1S/C10H13F3N2.C3H6/c1-2-5-14-7-9-4-3-8(6-15-9)10(11,12)13;1-3-2/h3-4,6,14H,2,5,7H2,1H3;3H,1H2,2H3. The Kier molecular flexibility index (Phi) is 8.03. The van der Waals surface area contributed by atoms with Gasteiger partial charge in [0.05, 0.1) is 11.3 Å². The van der Waals surface area contributed by atoms with Gasteiger partial charge in [-0.25, -0.2) is 0 Å². The quantitative estimate of drug-likeness (QED) is 0.658. The Morgan fingerprint density at radius 3 is 2.39 bits per heavy atom. The topological polar surface area (TPSA) is 24.9 Å². The second-order valence-corrected chi connectivity index (χ2v) is 3.62. The number of pyridine rings is 1. The number of nitrogens with one attached hydrogen (secondary N) is 1. The minimum absolute atomic E-state index is 0.506. The first-order valence-corrected chi connectivity index (χ1v) is 5.75. The van der Waals surface area contributed by atoms with Crippen molar-refractivity contribution in [3.63, 3.8) is 0 Å². The second-order valence-electron chi connectivity index (χ2n) is 3.62. The van der Waals surface area contributed by atoms with Gasteiger partial charge in [0.25, 0.3) is 0 Å². The zero-order valence-electron chi connectivity index (χ0n) is 10.7. The van der Waals surface area contributed by atoms with Crippen LogP contribution in [-0.4, -0.2) is 11.5 Å². The van der Waals surface area contributed by atoms with Gasteiger partial charge in [-0.05, 0) is 32.0 Å². The average Bonchev–Trinajstić information content (AvgIpc) is 2.30. The maximum atomic E-state index is 12.2. The molecular weight excluding hydrogens is 241 g/mol. The van der Waals surface area contributed by atoms with E-state index < -0.39 is 11.7 Å². The highest BCUT2D eigenvalue weighted by atomic mass is 19.4. The lowest BCUT2D eigenvalue weighted by molar-refractivity contribution is -0.137. The van der Waals surface area contributed by atoms with Crippen LogP contribution in [0.15, 0.2) is 31.0 Å². The van der Waals surface area contributed by atoms with Crippen molar-refractivity contribution < 1.29 is 13.2 Å². The number of nitrogens with zero attached hydrogens (tertiary/aromatic N) is 1. The first kappa shape index (κ1) is 16.6. The van der Waals surface area contributed by atoms with Gasteiger partial charge in [0, 0.05) is 12.7 Å². The van der Waals surface area contributed by atoms with Crippen LogP contribution in [0.2, 0.25) is 0 Å². The Labute approximate surface area is 106 Å². The minimum Gasteiger partial charge on any atom is -0.311 e. The highest BCUT2D eigenvalue weighted by molar-refractivity contribution is 5.16. The smallest absolute Gasteiger partial charge is 0.311 e. The molecule has 18 heavy (non-hydrogen) atoms. The van der Waals surface area contributed by atoms with Crippen LogP contribution in [0.4, 0.5) is 13.2 Å². The van der Waals surface area contributed by atoms with E-state index in [1.807, 2.05) is 13.8 Å². The molecule has 5 heteroatoms. The van der Waals surface area contributed by atoms with Crippen LogP contribution in [0.5, 0.6) is 0 Å². The molecule has 102 valence electrons. The third-order valence-electron chi connectivity index (χ3n) is 1.88. The first-order chi connectivity index (χ1) is 8.45. The van der Waals surface area contributed by atoms with Gasteiger partial charge in [-0.2, -0.15) is 13.2 Å². The van der Waals surface area contributed by atoms with Gasteiger partial charge in [0.1, 0.15) is 0 Å². The molecule has 0 saturated heterocycles. The molecule has 0 unspecified atom stereocenters. The van der Waals surface area contributed by atoms with E-state index in [0.29, 0.717) is 12.2 Å². The summed E-state index contributed by atoms with van der Waals surface area (Å²) < 4.78 is 36.5. The van der Waals surface area contributed by atoms with Crippen LogP contribution in [0.25, 0.3) is 0 Å². The number of aromatic nitrogens is 1. The molecule has 0 aliphatic carbocycles. The molecule has 2 nitrogen and oxygen atoms in total. The third kappa shape index (κ3) is 7.06. The predicted octanol–water partition coefficient (Wildman–Crippen LogP) is 3.79. The van der Waals surface area contributed by atoms with Crippen molar-refractivity contribution in [3.8, 4) is 0 Å². The van der Waals surface area contributed by atoms with Crippen LogP contribution < -0.4 is 5.32 Å². The molecule has 0 aromatic carbocycles. The monoisotopic (exact) mass is 260 g/mol. The van der Waals surface area contributed by atoms with E-state index in [2.05, 4.69) is 16.9 Å². The summed E-state index contributed by atoms with van der Waals surface area (Å²) in [6.45, 7) is 8.61. The summed E-state index contributed by atoms with van der Waals surface area (Å²) in [5, 5.41) is 3.07. The minimum atomic E-state index is -4.30. The lowest BCUT2D eigenvalue weighted by atomic mass is 10.2. The van der Waals surface area contributed by atoms with Crippen molar-refractivity contribution >= 4 is 0 Å². The van der Waals surface area contributed by atoms with E-state index in [-0.39, 0.29) is 0 Å². The SMILES string of the molecule is C=CC.CCCNCc1ccc(C(F)(F)F)cn1. The van der Waals surface area contributed by atoms with E-state index >= 15 is 0 Å². The predicted molar refractivity (Wildman–Crippen MR) is 67.1 cm³/mol. The summed E-state index contributed by atoms with van der Waals surface area (Å²) >= 11 is 0. The Hall–Kier alpha value is -1.36. The van der Waals surface area contributed by atoms with Crippen molar-refractivity contribution in [2.75, 3.05) is 6.54 Å². The molecule has 0 atom stereocenters. The summed E-state index contributed by atoms with van der Waals surface area (Å²) in [5.74, 6) is 0. The van der Waals surface area contributed by atoms with Crippen LogP contribution in [0.1, 0.15) is 31.5 Å². The fourth-order valence-corrected chi connectivity index (χ4v) is 1.09. The van der Waals surface area contributed by atoms with Crippen molar-refractivity contribution in [1.29, 1.82) is 0 Å². The first-order valence-electron chi connectivity index (χ1n) is 5.75. The Bertz CT molecular complexity index is 331. The molecule has 1 N–H and O–H groups in total. The number of hydrogen-bond acceptors (Lipinski definition) is 2. The molecule has 0 fully saturated rings. The molecule has 1 aromatic heterocycles.